The summed E-state index contributed by atoms with van der Waals surface area (Å²) in [4.78, 5) is 29.1. The molecular weight excluding hydrogens is 409 g/mol. The molecule has 2 amide bonds. The maximum atomic E-state index is 13.2. The van der Waals surface area contributed by atoms with Gasteiger partial charge in [0.2, 0.25) is 5.91 Å². The zero-order valence-corrected chi connectivity index (χ0v) is 18.1. The third-order valence-electron chi connectivity index (χ3n) is 5.79. The first-order valence-electron chi connectivity index (χ1n) is 10.8. The Morgan fingerprint density at radius 3 is 2.28 bits per heavy atom. The van der Waals surface area contributed by atoms with Gasteiger partial charge in [0.25, 0.3) is 5.91 Å². The van der Waals surface area contributed by atoms with Gasteiger partial charge in [0, 0.05) is 32.6 Å². The van der Waals surface area contributed by atoms with E-state index in [0.717, 1.165) is 12.8 Å². The number of carbonyl (C=O) groups excluding carboxylic acids is 2. The molecule has 0 atom stereocenters. The molecule has 0 radical (unpaired) electrons. The van der Waals surface area contributed by atoms with E-state index < -0.39 is 0 Å². The van der Waals surface area contributed by atoms with E-state index in [9.17, 15) is 14.0 Å². The van der Waals surface area contributed by atoms with Crippen LogP contribution in [0.3, 0.4) is 0 Å². The summed E-state index contributed by atoms with van der Waals surface area (Å²) in [6, 6.07) is 16.0. The van der Waals surface area contributed by atoms with E-state index in [1.165, 1.54) is 22.4 Å². The third-order valence-corrected chi connectivity index (χ3v) is 5.79. The van der Waals surface area contributed by atoms with Gasteiger partial charge in [-0.1, -0.05) is 35.5 Å². The minimum atomic E-state index is -0.338. The SMILES string of the molecule is Cc1c(C(=O)N2CCN(C(=O)CCCc3ccccc3)CC2)nnn1-c1ccc(F)cc1. The lowest BCUT2D eigenvalue weighted by molar-refractivity contribution is -0.132. The minimum Gasteiger partial charge on any atom is -0.339 e. The standard InChI is InChI=1S/C24H26FN5O2/c1-18-23(26-27-30(18)21-12-10-20(25)11-13-21)24(32)29-16-14-28(15-17-29)22(31)9-5-8-19-6-3-2-4-7-19/h2-4,6-7,10-13H,5,8-9,14-17H2,1H3. The largest absolute Gasteiger partial charge is 0.339 e. The summed E-state index contributed by atoms with van der Waals surface area (Å²) in [5, 5.41) is 8.13. The molecule has 8 heteroatoms. The lowest BCUT2D eigenvalue weighted by Crippen LogP contribution is -2.50. The lowest BCUT2D eigenvalue weighted by atomic mass is 10.1. The number of aromatic nitrogens is 3. The Labute approximate surface area is 186 Å². The van der Waals surface area contributed by atoms with Crippen molar-refractivity contribution in [2.45, 2.75) is 26.2 Å². The lowest BCUT2D eigenvalue weighted by Gasteiger charge is -2.34. The second-order valence-electron chi connectivity index (χ2n) is 7.92. The molecule has 0 bridgehead atoms. The molecule has 0 unspecified atom stereocenters. The molecule has 0 saturated carbocycles. The predicted octanol–water partition coefficient (Wildman–Crippen LogP) is 3.02. The monoisotopic (exact) mass is 435 g/mol. The van der Waals surface area contributed by atoms with Crippen LogP contribution < -0.4 is 0 Å². The summed E-state index contributed by atoms with van der Waals surface area (Å²) >= 11 is 0. The van der Waals surface area contributed by atoms with E-state index >= 15 is 0 Å². The molecule has 1 aromatic heterocycles. The second-order valence-corrected chi connectivity index (χ2v) is 7.92. The van der Waals surface area contributed by atoms with Crippen LogP contribution in [0, 0.1) is 12.7 Å². The van der Waals surface area contributed by atoms with Crippen molar-refractivity contribution in [1.82, 2.24) is 24.8 Å². The number of halogens is 1. The van der Waals surface area contributed by atoms with Gasteiger partial charge in [-0.3, -0.25) is 9.59 Å². The van der Waals surface area contributed by atoms with Gasteiger partial charge in [0.05, 0.1) is 11.4 Å². The quantitative estimate of drug-likeness (QED) is 0.597. The highest BCUT2D eigenvalue weighted by Crippen LogP contribution is 2.16. The number of carbonyl (C=O) groups is 2. The van der Waals surface area contributed by atoms with Gasteiger partial charge in [-0.15, -0.1) is 5.10 Å². The van der Waals surface area contributed by atoms with Gasteiger partial charge in [0.1, 0.15) is 5.82 Å². The second kappa shape index (κ2) is 9.72. The Morgan fingerprint density at radius 1 is 0.938 bits per heavy atom. The predicted molar refractivity (Wildman–Crippen MR) is 118 cm³/mol. The van der Waals surface area contributed by atoms with Gasteiger partial charge in [-0.25, -0.2) is 9.07 Å². The number of rotatable bonds is 6. The average molecular weight is 436 g/mol. The number of benzene rings is 2. The van der Waals surface area contributed by atoms with Crippen LogP contribution in [0.2, 0.25) is 0 Å². The molecule has 0 spiro atoms. The van der Waals surface area contributed by atoms with E-state index in [4.69, 9.17) is 0 Å². The summed E-state index contributed by atoms with van der Waals surface area (Å²) in [5.41, 5.74) is 2.75. The maximum Gasteiger partial charge on any atom is 0.276 e. The summed E-state index contributed by atoms with van der Waals surface area (Å²) in [6.07, 6.45) is 2.20. The molecule has 0 N–H and O–H groups in total. The Hall–Kier alpha value is -3.55. The Bertz CT molecular complexity index is 1070. The molecule has 0 aliphatic carbocycles. The van der Waals surface area contributed by atoms with Crippen LogP contribution in [0.15, 0.2) is 54.6 Å². The van der Waals surface area contributed by atoms with E-state index in [0.29, 0.717) is 44.0 Å². The third kappa shape index (κ3) is 4.85. The van der Waals surface area contributed by atoms with E-state index in [-0.39, 0.29) is 23.3 Å². The Balaban J connectivity index is 1.30. The van der Waals surface area contributed by atoms with Gasteiger partial charge in [-0.2, -0.15) is 0 Å². The first-order valence-corrected chi connectivity index (χ1v) is 10.8. The van der Waals surface area contributed by atoms with Crippen molar-refractivity contribution in [2.75, 3.05) is 26.2 Å². The van der Waals surface area contributed by atoms with Crippen molar-refractivity contribution in [3.05, 3.63) is 77.4 Å². The van der Waals surface area contributed by atoms with E-state index in [2.05, 4.69) is 22.4 Å². The summed E-state index contributed by atoms with van der Waals surface area (Å²) < 4.78 is 14.7. The normalized spacial score (nSPS) is 13.9. The summed E-state index contributed by atoms with van der Waals surface area (Å²) in [7, 11) is 0. The number of nitrogens with zero attached hydrogens (tertiary/aromatic N) is 5. The van der Waals surface area contributed by atoms with Crippen molar-refractivity contribution in [3.8, 4) is 5.69 Å². The van der Waals surface area contributed by atoms with Crippen LogP contribution in [-0.2, 0) is 11.2 Å². The summed E-state index contributed by atoms with van der Waals surface area (Å²) in [6.45, 7) is 3.73. The highest BCUT2D eigenvalue weighted by atomic mass is 19.1. The molecular formula is C24H26FN5O2. The Kier molecular flexibility index (Phi) is 6.58. The fourth-order valence-corrected chi connectivity index (χ4v) is 3.91. The van der Waals surface area contributed by atoms with Crippen LogP contribution >= 0.6 is 0 Å². The van der Waals surface area contributed by atoms with E-state index in [1.54, 1.807) is 24.0 Å². The van der Waals surface area contributed by atoms with Crippen LogP contribution in [-0.4, -0.2) is 62.8 Å². The molecule has 1 fully saturated rings. The van der Waals surface area contributed by atoms with Crippen molar-refractivity contribution >= 4 is 11.8 Å². The zero-order valence-electron chi connectivity index (χ0n) is 18.1. The van der Waals surface area contributed by atoms with Crippen LogP contribution in [0.1, 0.15) is 34.6 Å². The molecule has 1 aliphatic rings. The van der Waals surface area contributed by atoms with Gasteiger partial charge >= 0.3 is 0 Å². The number of piperazine rings is 1. The number of aryl methyl sites for hydroxylation is 1. The molecule has 4 rings (SSSR count). The topological polar surface area (TPSA) is 71.3 Å². The minimum absolute atomic E-state index is 0.131. The molecule has 2 aromatic carbocycles. The molecule has 1 saturated heterocycles. The first kappa shape index (κ1) is 21.7. The smallest absolute Gasteiger partial charge is 0.276 e. The van der Waals surface area contributed by atoms with Crippen molar-refractivity contribution in [3.63, 3.8) is 0 Å². The molecule has 7 nitrogen and oxygen atoms in total. The van der Waals surface area contributed by atoms with Gasteiger partial charge < -0.3 is 9.80 Å². The number of amides is 2. The van der Waals surface area contributed by atoms with Gasteiger partial charge in [0.15, 0.2) is 5.69 Å². The van der Waals surface area contributed by atoms with Crippen LogP contribution in [0.4, 0.5) is 4.39 Å². The number of hydrogen-bond donors (Lipinski definition) is 0. The van der Waals surface area contributed by atoms with Crippen LogP contribution in [0.25, 0.3) is 5.69 Å². The molecule has 166 valence electrons. The molecule has 2 heterocycles. The Morgan fingerprint density at radius 2 is 1.59 bits per heavy atom. The van der Waals surface area contributed by atoms with Crippen molar-refractivity contribution in [2.24, 2.45) is 0 Å². The fourth-order valence-electron chi connectivity index (χ4n) is 3.91. The zero-order chi connectivity index (χ0) is 22.5. The highest BCUT2D eigenvalue weighted by molar-refractivity contribution is 5.93. The first-order chi connectivity index (χ1) is 15.5. The fraction of sp³-hybridized carbons (Fsp3) is 0.333. The summed E-state index contributed by atoms with van der Waals surface area (Å²) in [5.74, 6) is -0.409. The van der Waals surface area contributed by atoms with E-state index in [1.807, 2.05) is 23.1 Å². The molecule has 3 aromatic rings. The molecule has 1 aliphatic heterocycles. The van der Waals surface area contributed by atoms with Gasteiger partial charge in [-0.05, 0) is 49.6 Å². The maximum absolute atomic E-state index is 13.2. The van der Waals surface area contributed by atoms with Crippen LogP contribution in [0.5, 0.6) is 0 Å². The average Bonchev–Trinajstić information content (AvgIpc) is 3.21. The van der Waals surface area contributed by atoms with Crippen molar-refractivity contribution < 1.29 is 14.0 Å². The molecule has 32 heavy (non-hydrogen) atoms. The highest BCUT2D eigenvalue weighted by Gasteiger charge is 2.28. The van der Waals surface area contributed by atoms with Crippen molar-refractivity contribution in [1.29, 1.82) is 0 Å². The number of hydrogen-bond acceptors (Lipinski definition) is 4.